The molecule has 33 heavy (non-hydrogen) atoms. The van der Waals surface area contributed by atoms with Crippen molar-refractivity contribution in [1.82, 2.24) is 10.6 Å². The molecule has 0 heterocycles. The van der Waals surface area contributed by atoms with Gasteiger partial charge in [0.15, 0.2) is 9.84 Å². The van der Waals surface area contributed by atoms with Crippen molar-refractivity contribution in [3.05, 3.63) is 35.9 Å². The Labute approximate surface area is 195 Å². The molecule has 0 aliphatic rings. The molecule has 0 bridgehead atoms. The van der Waals surface area contributed by atoms with Crippen LogP contribution in [-0.2, 0) is 35.4 Å². The molecule has 186 valence electrons. The number of benzene rings is 1. The minimum absolute atomic E-state index is 0.0416. The van der Waals surface area contributed by atoms with Crippen LogP contribution >= 0.6 is 0 Å². The van der Waals surface area contributed by atoms with E-state index in [2.05, 4.69) is 10.6 Å². The molecule has 1 atom stereocenters. The molecule has 0 spiro atoms. The molecule has 0 unspecified atom stereocenters. The van der Waals surface area contributed by atoms with Gasteiger partial charge in [-0.3, -0.25) is 0 Å². The van der Waals surface area contributed by atoms with Gasteiger partial charge in [-0.25, -0.2) is 22.8 Å². The maximum Gasteiger partial charge on any atom is 0.408 e. The maximum absolute atomic E-state index is 12.5. The molecule has 10 nitrogen and oxygen atoms in total. The summed E-state index contributed by atoms with van der Waals surface area (Å²) >= 11 is 0. The summed E-state index contributed by atoms with van der Waals surface area (Å²) in [6.07, 6.45) is -1.72. The van der Waals surface area contributed by atoms with Crippen molar-refractivity contribution in [1.29, 1.82) is 0 Å². The van der Waals surface area contributed by atoms with Gasteiger partial charge in [0.1, 0.15) is 23.9 Å². The number of hydrogen-bond acceptors (Lipinski definition) is 8. The minimum Gasteiger partial charge on any atom is -0.458 e. The van der Waals surface area contributed by atoms with E-state index in [9.17, 15) is 22.8 Å². The fraction of sp³-hybridized carbons (Fsp3) is 0.591. The van der Waals surface area contributed by atoms with Crippen LogP contribution in [0.3, 0.4) is 0 Å². The SMILES string of the molecule is CC(C)(C)OC(=O)N[C@@H](CS(=O)(=O)CCNC(=O)OCc1ccccc1)C(=O)OC(C)(C)C. The second kappa shape index (κ2) is 11.9. The number of amides is 2. The van der Waals surface area contributed by atoms with E-state index in [1.165, 1.54) is 0 Å². The lowest BCUT2D eigenvalue weighted by atomic mass is 10.2. The van der Waals surface area contributed by atoms with Crippen molar-refractivity contribution in [2.45, 2.75) is 65.4 Å². The molecule has 1 rings (SSSR count). The first kappa shape index (κ1) is 28.2. The first-order chi connectivity index (χ1) is 15.1. The molecule has 0 aromatic heterocycles. The van der Waals surface area contributed by atoms with Crippen LogP contribution in [0.15, 0.2) is 30.3 Å². The van der Waals surface area contributed by atoms with Gasteiger partial charge in [0, 0.05) is 6.54 Å². The van der Waals surface area contributed by atoms with E-state index in [1.54, 1.807) is 65.8 Å². The summed E-state index contributed by atoms with van der Waals surface area (Å²) in [4.78, 5) is 36.4. The summed E-state index contributed by atoms with van der Waals surface area (Å²) < 4.78 is 40.5. The third kappa shape index (κ3) is 13.4. The molecule has 0 radical (unpaired) electrons. The molecule has 2 amide bonds. The Kier molecular flexibility index (Phi) is 10.1. The van der Waals surface area contributed by atoms with Gasteiger partial charge in [-0.1, -0.05) is 30.3 Å². The highest BCUT2D eigenvalue weighted by atomic mass is 32.2. The first-order valence-electron chi connectivity index (χ1n) is 10.4. The number of hydrogen-bond donors (Lipinski definition) is 2. The van der Waals surface area contributed by atoms with Gasteiger partial charge in [0.25, 0.3) is 0 Å². The van der Waals surface area contributed by atoms with Crippen LogP contribution in [0.1, 0.15) is 47.1 Å². The minimum atomic E-state index is -3.87. The summed E-state index contributed by atoms with van der Waals surface area (Å²) in [6.45, 7) is 9.57. The van der Waals surface area contributed by atoms with Gasteiger partial charge in [0.2, 0.25) is 0 Å². The largest absolute Gasteiger partial charge is 0.458 e. The number of rotatable bonds is 9. The summed E-state index contributed by atoms with van der Waals surface area (Å²) in [5, 5.41) is 4.62. The number of carbonyl (C=O) groups excluding carboxylic acids is 3. The molecule has 1 aromatic rings. The molecule has 1 aromatic carbocycles. The van der Waals surface area contributed by atoms with Crippen LogP contribution in [0.2, 0.25) is 0 Å². The smallest absolute Gasteiger partial charge is 0.408 e. The Morgan fingerprint density at radius 2 is 1.48 bits per heavy atom. The Hall–Kier alpha value is -2.82. The van der Waals surface area contributed by atoms with E-state index in [0.29, 0.717) is 0 Å². The third-order valence-corrected chi connectivity index (χ3v) is 5.37. The molecule has 0 aliphatic carbocycles. The zero-order valence-corrected chi connectivity index (χ0v) is 20.8. The average molecular weight is 487 g/mol. The summed E-state index contributed by atoms with van der Waals surface area (Å²) in [6, 6.07) is 7.52. The average Bonchev–Trinajstić information content (AvgIpc) is 2.63. The fourth-order valence-electron chi connectivity index (χ4n) is 2.41. The number of ether oxygens (including phenoxy) is 3. The van der Waals surface area contributed by atoms with E-state index in [4.69, 9.17) is 14.2 Å². The number of carbonyl (C=O) groups is 3. The van der Waals surface area contributed by atoms with E-state index in [-0.39, 0.29) is 13.2 Å². The monoisotopic (exact) mass is 486 g/mol. The number of alkyl carbamates (subject to hydrolysis) is 2. The normalized spacial score (nSPS) is 12.9. The van der Waals surface area contributed by atoms with Gasteiger partial charge in [-0.15, -0.1) is 0 Å². The molecule has 0 fully saturated rings. The molecule has 0 saturated carbocycles. The Bertz CT molecular complexity index is 903. The van der Waals surface area contributed by atoms with Crippen LogP contribution in [0, 0.1) is 0 Å². The van der Waals surface area contributed by atoms with Gasteiger partial charge in [0.05, 0.1) is 11.5 Å². The van der Waals surface area contributed by atoms with Crippen molar-refractivity contribution in [3.8, 4) is 0 Å². The van der Waals surface area contributed by atoms with Gasteiger partial charge in [-0.2, -0.15) is 0 Å². The van der Waals surface area contributed by atoms with E-state index in [1.807, 2.05) is 6.07 Å². The standard InChI is InChI=1S/C22H34N2O8S/c1-21(2,3)31-18(25)17(24-20(27)32-22(4,5)6)15-33(28,29)13-12-23-19(26)30-14-16-10-8-7-9-11-16/h7-11,17H,12-15H2,1-6H3,(H,23,26)(H,24,27)/t17-/m0/s1. The summed E-state index contributed by atoms with van der Waals surface area (Å²) in [5.74, 6) is -2.10. The lowest BCUT2D eigenvalue weighted by molar-refractivity contribution is -0.156. The van der Waals surface area contributed by atoms with E-state index in [0.717, 1.165) is 5.56 Å². The van der Waals surface area contributed by atoms with Crippen LogP contribution in [-0.4, -0.2) is 61.9 Å². The quantitative estimate of drug-likeness (QED) is 0.401. The molecule has 0 aliphatic heterocycles. The van der Waals surface area contributed by atoms with Gasteiger partial charge < -0.3 is 24.8 Å². The lowest BCUT2D eigenvalue weighted by Crippen LogP contribution is -2.50. The summed E-state index contributed by atoms with van der Waals surface area (Å²) in [7, 11) is -3.87. The number of sulfone groups is 1. The molecular weight excluding hydrogens is 452 g/mol. The van der Waals surface area contributed by atoms with Crippen LogP contribution in [0.4, 0.5) is 9.59 Å². The van der Waals surface area contributed by atoms with Crippen LogP contribution in [0.5, 0.6) is 0 Å². The van der Waals surface area contributed by atoms with Crippen molar-refractivity contribution in [3.63, 3.8) is 0 Å². The highest BCUT2D eigenvalue weighted by Crippen LogP contribution is 2.11. The predicted octanol–water partition coefficient (Wildman–Crippen LogP) is 2.56. The number of nitrogens with one attached hydrogen (secondary N) is 2. The van der Waals surface area contributed by atoms with E-state index < -0.39 is 56.7 Å². The third-order valence-electron chi connectivity index (χ3n) is 3.70. The highest BCUT2D eigenvalue weighted by molar-refractivity contribution is 7.91. The van der Waals surface area contributed by atoms with Crippen molar-refractivity contribution in [2.24, 2.45) is 0 Å². The first-order valence-corrected chi connectivity index (χ1v) is 12.3. The lowest BCUT2D eigenvalue weighted by Gasteiger charge is -2.26. The predicted molar refractivity (Wildman–Crippen MR) is 122 cm³/mol. The topological polar surface area (TPSA) is 137 Å². The zero-order valence-electron chi connectivity index (χ0n) is 20.0. The second-order valence-electron chi connectivity index (χ2n) is 9.34. The van der Waals surface area contributed by atoms with Crippen LogP contribution < -0.4 is 10.6 Å². The van der Waals surface area contributed by atoms with Gasteiger partial charge >= 0.3 is 18.2 Å². The molecule has 0 saturated heterocycles. The van der Waals surface area contributed by atoms with Crippen molar-refractivity contribution < 1.29 is 37.0 Å². The fourth-order valence-corrected chi connectivity index (χ4v) is 3.72. The Morgan fingerprint density at radius 3 is 2.03 bits per heavy atom. The number of esters is 1. The zero-order chi connectivity index (χ0) is 25.3. The van der Waals surface area contributed by atoms with Crippen LogP contribution in [0.25, 0.3) is 0 Å². The summed E-state index contributed by atoms with van der Waals surface area (Å²) in [5.41, 5.74) is -0.946. The molecular formula is C22H34N2O8S. The van der Waals surface area contributed by atoms with Gasteiger partial charge in [-0.05, 0) is 47.1 Å². The van der Waals surface area contributed by atoms with Crippen molar-refractivity contribution in [2.75, 3.05) is 18.1 Å². The van der Waals surface area contributed by atoms with Crippen molar-refractivity contribution >= 4 is 28.0 Å². The second-order valence-corrected chi connectivity index (χ2v) is 11.6. The Morgan fingerprint density at radius 1 is 0.909 bits per heavy atom. The van der Waals surface area contributed by atoms with E-state index >= 15 is 0 Å². The molecule has 11 heteroatoms. The Balaban J connectivity index is 2.66. The molecule has 2 N–H and O–H groups in total. The highest BCUT2D eigenvalue weighted by Gasteiger charge is 2.32. The maximum atomic E-state index is 12.5.